The van der Waals surface area contributed by atoms with Crippen molar-refractivity contribution in [2.45, 2.75) is 38.5 Å². The fourth-order valence-corrected chi connectivity index (χ4v) is 5.12. The molecule has 2 fully saturated rings. The molecule has 0 radical (unpaired) electrons. The molecule has 0 aromatic heterocycles. The fraction of sp³-hybridized carbons (Fsp3) is 0.909. The predicted octanol–water partition coefficient (Wildman–Crippen LogP) is 1.46. The van der Waals surface area contributed by atoms with Crippen molar-refractivity contribution in [3.8, 4) is 0 Å². The van der Waals surface area contributed by atoms with Crippen molar-refractivity contribution in [1.82, 2.24) is 0 Å². The lowest BCUT2D eigenvalue weighted by Crippen LogP contribution is -2.41. The molecule has 0 aromatic rings. The Morgan fingerprint density at radius 3 is 2.25 bits per heavy atom. The molecule has 4 nitrogen and oxygen atoms in total. The van der Waals surface area contributed by atoms with Gasteiger partial charge in [0.25, 0.3) is 0 Å². The van der Waals surface area contributed by atoms with Gasteiger partial charge in [-0.25, -0.2) is 8.42 Å². The lowest BCUT2D eigenvalue weighted by molar-refractivity contribution is -0.154. The van der Waals surface area contributed by atoms with Gasteiger partial charge in [0.1, 0.15) is 0 Å². The highest BCUT2D eigenvalue weighted by atomic mass is 32.2. The van der Waals surface area contributed by atoms with Crippen molar-refractivity contribution >= 4 is 15.8 Å². The largest absolute Gasteiger partial charge is 0.481 e. The van der Waals surface area contributed by atoms with Crippen LogP contribution in [0.4, 0.5) is 0 Å². The second-order valence-corrected chi connectivity index (χ2v) is 7.35. The van der Waals surface area contributed by atoms with E-state index >= 15 is 0 Å². The second-order valence-electron chi connectivity index (χ2n) is 5.12. The van der Waals surface area contributed by atoms with Gasteiger partial charge in [0.15, 0.2) is 9.84 Å². The van der Waals surface area contributed by atoms with Crippen LogP contribution < -0.4 is 0 Å². The summed E-state index contributed by atoms with van der Waals surface area (Å²) < 4.78 is 22.9. The van der Waals surface area contributed by atoms with Crippen LogP contribution >= 0.6 is 0 Å². The standard InChI is InChI=1S/C11H18O4S/c12-10(13)11(5-2-1-3-6-11)9-4-7-16(14,15)8-9/h9H,1-8H2,(H,12,13). The van der Waals surface area contributed by atoms with E-state index < -0.39 is 21.2 Å². The summed E-state index contributed by atoms with van der Waals surface area (Å²) in [6.45, 7) is 0. The lowest BCUT2D eigenvalue weighted by Gasteiger charge is -2.37. The third-order valence-electron chi connectivity index (χ3n) is 4.19. The maximum atomic E-state index is 11.5. The van der Waals surface area contributed by atoms with Crippen LogP contribution in [-0.2, 0) is 14.6 Å². The van der Waals surface area contributed by atoms with Gasteiger partial charge in [0.2, 0.25) is 0 Å². The highest BCUT2D eigenvalue weighted by Gasteiger charge is 2.50. The first-order valence-corrected chi connectivity index (χ1v) is 7.72. The molecule has 0 aromatic carbocycles. The maximum absolute atomic E-state index is 11.5. The number of carboxylic acid groups (broad SMARTS) is 1. The summed E-state index contributed by atoms with van der Waals surface area (Å²) in [7, 11) is -2.98. The average Bonchev–Trinajstić information content (AvgIpc) is 2.60. The van der Waals surface area contributed by atoms with Gasteiger partial charge in [-0.3, -0.25) is 4.79 Å². The molecular formula is C11H18O4S. The first kappa shape index (κ1) is 11.9. The molecule has 0 spiro atoms. The van der Waals surface area contributed by atoms with Gasteiger partial charge in [0.05, 0.1) is 16.9 Å². The minimum Gasteiger partial charge on any atom is -0.481 e. The second kappa shape index (κ2) is 4.02. The fourth-order valence-electron chi connectivity index (χ4n) is 3.21. The van der Waals surface area contributed by atoms with Crippen LogP contribution in [0.2, 0.25) is 0 Å². The van der Waals surface area contributed by atoms with E-state index in [-0.39, 0.29) is 17.4 Å². The Labute approximate surface area is 96.0 Å². The van der Waals surface area contributed by atoms with Crippen molar-refractivity contribution in [3.63, 3.8) is 0 Å². The summed E-state index contributed by atoms with van der Waals surface area (Å²) in [5.74, 6) is -0.684. The van der Waals surface area contributed by atoms with E-state index in [1.54, 1.807) is 0 Å². The van der Waals surface area contributed by atoms with E-state index in [0.29, 0.717) is 19.3 Å². The molecule has 1 unspecified atom stereocenters. The molecule has 5 heteroatoms. The lowest BCUT2D eigenvalue weighted by atomic mass is 9.65. The first-order chi connectivity index (χ1) is 7.46. The van der Waals surface area contributed by atoms with Crippen LogP contribution in [0.1, 0.15) is 38.5 Å². The van der Waals surface area contributed by atoms with Crippen molar-refractivity contribution in [3.05, 3.63) is 0 Å². The van der Waals surface area contributed by atoms with Crippen molar-refractivity contribution in [1.29, 1.82) is 0 Å². The van der Waals surface area contributed by atoms with Crippen LogP contribution in [0, 0.1) is 11.3 Å². The smallest absolute Gasteiger partial charge is 0.309 e. The molecule has 16 heavy (non-hydrogen) atoms. The molecule has 0 bridgehead atoms. The Kier molecular flexibility index (Phi) is 2.99. The predicted molar refractivity (Wildman–Crippen MR) is 59.9 cm³/mol. The van der Waals surface area contributed by atoms with Crippen LogP contribution in [0.25, 0.3) is 0 Å². The summed E-state index contributed by atoms with van der Waals surface area (Å²) in [6, 6.07) is 0. The maximum Gasteiger partial charge on any atom is 0.309 e. The third-order valence-corrected chi connectivity index (χ3v) is 5.95. The summed E-state index contributed by atoms with van der Waals surface area (Å²) >= 11 is 0. The molecule has 2 rings (SSSR count). The van der Waals surface area contributed by atoms with E-state index in [4.69, 9.17) is 0 Å². The number of hydrogen-bond donors (Lipinski definition) is 1. The molecule has 0 amide bonds. The summed E-state index contributed by atoms with van der Waals surface area (Å²) in [6.07, 6.45) is 4.76. The minimum absolute atomic E-state index is 0.0826. The SMILES string of the molecule is O=C(O)C1(C2CCS(=O)(=O)C2)CCCCC1. The normalized spacial score (nSPS) is 32.4. The number of carboxylic acids is 1. The van der Waals surface area contributed by atoms with Crippen molar-refractivity contribution < 1.29 is 18.3 Å². The highest BCUT2D eigenvalue weighted by Crippen LogP contribution is 2.46. The Morgan fingerprint density at radius 1 is 1.19 bits per heavy atom. The summed E-state index contributed by atoms with van der Waals surface area (Å²) in [5, 5.41) is 9.42. The van der Waals surface area contributed by atoms with Gasteiger partial charge in [-0.1, -0.05) is 19.3 Å². The van der Waals surface area contributed by atoms with Crippen LogP contribution in [0.3, 0.4) is 0 Å². The molecule has 1 aliphatic heterocycles. The van der Waals surface area contributed by atoms with E-state index in [1.165, 1.54) is 0 Å². The summed E-state index contributed by atoms with van der Waals surface area (Å²) in [4.78, 5) is 11.5. The molecule has 1 atom stereocenters. The zero-order valence-corrected chi connectivity index (χ0v) is 10.1. The van der Waals surface area contributed by atoms with Gasteiger partial charge < -0.3 is 5.11 Å². The molecule has 1 saturated carbocycles. The Balaban J connectivity index is 2.23. The molecule has 1 saturated heterocycles. The Morgan fingerprint density at radius 2 is 1.81 bits per heavy atom. The number of rotatable bonds is 2. The third kappa shape index (κ3) is 1.97. The number of aliphatic carboxylic acids is 1. The average molecular weight is 246 g/mol. The number of carbonyl (C=O) groups is 1. The van der Waals surface area contributed by atoms with Gasteiger partial charge in [-0.2, -0.15) is 0 Å². The zero-order chi connectivity index (χ0) is 11.8. The van der Waals surface area contributed by atoms with Gasteiger partial charge in [-0.15, -0.1) is 0 Å². The minimum atomic E-state index is -2.98. The number of hydrogen-bond acceptors (Lipinski definition) is 3. The summed E-state index contributed by atoms with van der Waals surface area (Å²) in [5.41, 5.74) is -0.748. The topological polar surface area (TPSA) is 71.4 Å². The molecular weight excluding hydrogens is 228 g/mol. The molecule has 2 aliphatic rings. The van der Waals surface area contributed by atoms with Crippen molar-refractivity contribution in [2.75, 3.05) is 11.5 Å². The quantitative estimate of drug-likeness (QED) is 0.800. The molecule has 1 aliphatic carbocycles. The molecule has 1 heterocycles. The first-order valence-electron chi connectivity index (χ1n) is 5.90. The van der Waals surface area contributed by atoms with E-state index in [2.05, 4.69) is 0 Å². The zero-order valence-electron chi connectivity index (χ0n) is 9.31. The van der Waals surface area contributed by atoms with E-state index in [1.807, 2.05) is 0 Å². The highest BCUT2D eigenvalue weighted by molar-refractivity contribution is 7.91. The molecule has 92 valence electrons. The number of sulfone groups is 1. The molecule has 1 N–H and O–H groups in total. The van der Waals surface area contributed by atoms with Crippen LogP contribution in [0.15, 0.2) is 0 Å². The Bertz CT molecular complexity index is 379. The van der Waals surface area contributed by atoms with E-state index in [9.17, 15) is 18.3 Å². The van der Waals surface area contributed by atoms with Gasteiger partial charge in [-0.05, 0) is 25.2 Å². The monoisotopic (exact) mass is 246 g/mol. The van der Waals surface area contributed by atoms with Gasteiger partial charge in [0, 0.05) is 0 Å². The van der Waals surface area contributed by atoms with Gasteiger partial charge >= 0.3 is 5.97 Å². The van der Waals surface area contributed by atoms with Crippen molar-refractivity contribution in [2.24, 2.45) is 11.3 Å². The van der Waals surface area contributed by atoms with Crippen LogP contribution in [0.5, 0.6) is 0 Å². The van der Waals surface area contributed by atoms with Crippen LogP contribution in [-0.4, -0.2) is 31.0 Å². The van der Waals surface area contributed by atoms with E-state index in [0.717, 1.165) is 19.3 Å². The Hall–Kier alpha value is -0.580.